The number of nitrogens with zero attached hydrogens (tertiary/aromatic N) is 2. The molecule has 4 rings (SSSR count). The lowest BCUT2D eigenvalue weighted by molar-refractivity contribution is -0.115. The number of ether oxygens (including phenoxy) is 1. The number of nitriles is 1. The largest absolute Gasteiger partial charge is 0.492 e. The number of anilines is 1. The summed E-state index contributed by atoms with van der Waals surface area (Å²) >= 11 is 1.39. The zero-order valence-electron chi connectivity index (χ0n) is 19.6. The Balaban J connectivity index is 1.48. The third kappa shape index (κ3) is 5.91. The molecular weight excluding hydrogens is 503 g/mol. The summed E-state index contributed by atoms with van der Waals surface area (Å²) in [5, 5.41) is 18.4. The van der Waals surface area contributed by atoms with Crippen LogP contribution < -0.4 is 15.2 Å². The van der Waals surface area contributed by atoms with Crippen molar-refractivity contribution < 1.29 is 22.3 Å². The molecule has 3 aromatic rings. The minimum atomic E-state index is -3.97. The Bertz CT molecular complexity index is 1450. The van der Waals surface area contributed by atoms with E-state index >= 15 is 0 Å². The standard InChI is InChI=1S/C25H25FN4O4S2/c1-2-34-21-11-16(6-7-23(21)36(28,32)33)12-24(31)29-25-19(13-27)20-15-30(9-8-22(20)35-25)14-17-4-3-5-18(26)10-17/h3-7,10-11H,2,8-9,12,14-15H2,1H3,(H,29,31)(H2,28,32,33). The van der Waals surface area contributed by atoms with Crippen molar-refractivity contribution in [2.45, 2.75) is 37.8 Å². The summed E-state index contributed by atoms with van der Waals surface area (Å²) in [4.78, 5) is 15.9. The van der Waals surface area contributed by atoms with Crippen LogP contribution in [0.3, 0.4) is 0 Å². The summed E-state index contributed by atoms with van der Waals surface area (Å²) in [7, 11) is -3.97. The van der Waals surface area contributed by atoms with Gasteiger partial charge in [0.05, 0.1) is 18.6 Å². The molecule has 8 nitrogen and oxygen atoms in total. The van der Waals surface area contributed by atoms with E-state index in [1.165, 1.54) is 41.7 Å². The van der Waals surface area contributed by atoms with Crippen LogP contribution in [0.4, 0.5) is 9.39 Å². The van der Waals surface area contributed by atoms with Gasteiger partial charge in [0.1, 0.15) is 27.5 Å². The first-order chi connectivity index (χ1) is 17.2. The van der Waals surface area contributed by atoms with Gasteiger partial charge in [-0.25, -0.2) is 17.9 Å². The number of hydrogen-bond donors (Lipinski definition) is 2. The second kappa shape index (κ2) is 10.8. The van der Waals surface area contributed by atoms with E-state index in [4.69, 9.17) is 9.88 Å². The first-order valence-corrected chi connectivity index (χ1v) is 13.6. The van der Waals surface area contributed by atoms with Gasteiger partial charge in [-0.1, -0.05) is 18.2 Å². The zero-order chi connectivity index (χ0) is 25.9. The fourth-order valence-corrected chi connectivity index (χ4v) is 6.02. The number of carbonyl (C=O) groups is 1. The van der Waals surface area contributed by atoms with Crippen molar-refractivity contribution in [3.63, 3.8) is 0 Å². The Morgan fingerprint density at radius 2 is 2.08 bits per heavy atom. The molecule has 1 aliphatic heterocycles. The highest BCUT2D eigenvalue weighted by Crippen LogP contribution is 2.37. The smallest absolute Gasteiger partial charge is 0.241 e. The van der Waals surface area contributed by atoms with Gasteiger partial charge < -0.3 is 10.1 Å². The number of amides is 1. The molecule has 0 bridgehead atoms. The number of rotatable bonds is 8. The maximum atomic E-state index is 13.6. The fourth-order valence-electron chi connectivity index (χ4n) is 4.20. The van der Waals surface area contributed by atoms with Gasteiger partial charge in [-0.15, -0.1) is 11.3 Å². The van der Waals surface area contributed by atoms with Crippen molar-refractivity contribution in [2.75, 3.05) is 18.5 Å². The van der Waals surface area contributed by atoms with Crippen molar-refractivity contribution in [1.82, 2.24) is 4.90 Å². The maximum Gasteiger partial charge on any atom is 0.241 e. The Morgan fingerprint density at radius 3 is 2.78 bits per heavy atom. The van der Waals surface area contributed by atoms with Gasteiger partial charge in [-0.05, 0) is 48.7 Å². The van der Waals surface area contributed by atoms with Crippen molar-refractivity contribution in [3.8, 4) is 11.8 Å². The molecule has 0 spiro atoms. The number of thiophene rings is 1. The summed E-state index contributed by atoms with van der Waals surface area (Å²) < 4.78 is 42.5. The number of nitrogens with two attached hydrogens (primary N) is 1. The highest BCUT2D eigenvalue weighted by molar-refractivity contribution is 7.89. The molecule has 188 valence electrons. The van der Waals surface area contributed by atoms with Gasteiger partial charge in [0.25, 0.3) is 0 Å². The van der Waals surface area contributed by atoms with Crippen LogP contribution in [0.15, 0.2) is 47.4 Å². The van der Waals surface area contributed by atoms with Gasteiger partial charge in [0.15, 0.2) is 0 Å². The summed E-state index contributed by atoms with van der Waals surface area (Å²) in [6, 6.07) is 13.0. The van der Waals surface area contributed by atoms with E-state index in [0.29, 0.717) is 29.2 Å². The van der Waals surface area contributed by atoms with Gasteiger partial charge in [-0.2, -0.15) is 5.26 Å². The van der Waals surface area contributed by atoms with Crippen LogP contribution in [0, 0.1) is 17.1 Å². The average Bonchev–Trinajstić information content (AvgIpc) is 3.14. The van der Waals surface area contributed by atoms with Gasteiger partial charge in [-0.3, -0.25) is 9.69 Å². The van der Waals surface area contributed by atoms with E-state index in [9.17, 15) is 22.9 Å². The number of primary sulfonamides is 1. The van der Waals surface area contributed by atoms with Gasteiger partial charge >= 0.3 is 0 Å². The molecule has 0 fully saturated rings. The number of halogens is 1. The first-order valence-electron chi connectivity index (χ1n) is 11.3. The molecule has 1 amide bonds. The van der Waals surface area contributed by atoms with Crippen LogP contribution in [0.2, 0.25) is 0 Å². The molecule has 0 aliphatic carbocycles. The number of hydrogen-bond acceptors (Lipinski definition) is 7. The fraction of sp³-hybridized carbons (Fsp3) is 0.280. The number of nitrogens with one attached hydrogen (secondary N) is 1. The van der Waals surface area contributed by atoms with Gasteiger partial charge in [0.2, 0.25) is 15.9 Å². The molecule has 36 heavy (non-hydrogen) atoms. The topological polar surface area (TPSA) is 126 Å². The maximum absolute atomic E-state index is 13.6. The second-order valence-electron chi connectivity index (χ2n) is 8.39. The third-order valence-corrected chi connectivity index (χ3v) is 7.92. The molecule has 11 heteroatoms. The number of sulfonamides is 1. The van der Waals surface area contributed by atoms with E-state index in [1.807, 2.05) is 6.07 Å². The van der Waals surface area contributed by atoms with E-state index in [0.717, 1.165) is 29.0 Å². The minimum Gasteiger partial charge on any atom is -0.492 e. The predicted octanol–water partition coefficient (Wildman–Crippen LogP) is 3.54. The van der Waals surface area contributed by atoms with Gasteiger partial charge in [0, 0.05) is 30.1 Å². The highest BCUT2D eigenvalue weighted by atomic mass is 32.2. The molecule has 3 N–H and O–H groups in total. The molecule has 1 aliphatic rings. The van der Waals surface area contributed by atoms with Crippen LogP contribution in [0.5, 0.6) is 5.75 Å². The van der Waals surface area contributed by atoms with E-state index in [1.54, 1.807) is 13.0 Å². The highest BCUT2D eigenvalue weighted by Gasteiger charge is 2.26. The minimum absolute atomic E-state index is 0.0376. The lowest BCUT2D eigenvalue weighted by Crippen LogP contribution is -2.29. The predicted molar refractivity (Wildman–Crippen MR) is 135 cm³/mol. The quantitative estimate of drug-likeness (QED) is 0.461. The van der Waals surface area contributed by atoms with Crippen LogP contribution in [-0.4, -0.2) is 32.4 Å². The molecule has 2 aromatic carbocycles. The monoisotopic (exact) mass is 528 g/mol. The van der Waals surface area contributed by atoms with E-state index in [2.05, 4.69) is 16.3 Å². The van der Waals surface area contributed by atoms with Crippen LogP contribution >= 0.6 is 11.3 Å². The zero-order valence-corrected chi connectivity index (χ0v) is 21.2. The number of benzene rings is 2. The first kappa shape index (κ1) is 25.8. The lowest BCUT2D eigenvalue weighted by Gasteiger charge is -2.27. The third-order valence-electron chi connectivity index (χ3n) is 5.77. The molecule has 2 heterocycles. The van der Waals surface area contributed by atoms with Crippen molar-refractivity contribution >= 4 is 32.3 Å². The molecule has 1 aromatic heterocycles. The Morgan fingerprint density at radius 1 is 1.28 bits per heavy atom. The van der Waals surface area contributed by atoms with Crippen LogP contribution in [0.1, 0.15) is 34.1 Å². The normalized spacial score (nSPS) is 13.6. The van der Waals surface area contributed by atoms with Crippen molar-refractivity contribution in [3.05, 3.63) is 75.4 Å². The number of carbonyl (C=O) groups excluding carboxylic acids is 1. The van der Waals surface area contributed by atoms with E-state index < -0.39 is 10.0 Å². The second-order valence-corrected chi connectivity index (χ2v) is 11.0. The van der Waals surface area contributed by atoms with E-state index in [-0.39, 0.29) is 35.4 Å². The molecular formula is C25H25FN4O4S2. The molecule has 0 atom stereocenters. The van der Waals surface area contributed by atoms with Crippen LogP contribution in [0.25, 0.3) is 0 Å². The SMILES string of the molecule is CCOc1cc(CC(=O)Nc2sc3c(c2C#N)CN(Cc2cccc(F)c2)CC3)ccc1S(N)(=O)=O. The Labute approximate surface area is 213 Å². The summed E-state index contributed by atoms with van der Waals surface area (Å²) in [5.41, 5.74) is 2.73. The molecule has 0 saturated heterocycles. The summed E-state index contributed by atoms with van der Waals surface area (Å²) in [6.07, 6.45) is 0.691. The Hall–Kier alpha value is -3.30. The van der Waals surface area contributed by atoms with Crippen molar-refractivity contribution in [2.24, 2.45) is 5.14 Å². The number of fused-ring (bicyclic) bond motifs is 1. The summed E-state index contributed by atoms with van der Waals surface area (Å²) in [5.74, 6) is -0.531. The molecule has 0 unspecified atom stereocenters. The molecule has 0 radical (unpaired) electrons. The summed E-state index contributed by atoms with van der Waals surface area (Å²) in [6.45, 7) is 3.82. The van der Waals surface area contributed by atoms with Crippen LogP contribution in [-0.2, 0) is 40.7 Å². The molecule has 0 saturated carbocycles. The van der Waals surface area contributed by atoms with Crippen molar-refractivity contribution in [1.29, 1.82) is 5.26 Å². The average molecular weight is 529 g/mol. The lowest BCUT2D eigenvalue weighted by atomic mass is 10.0. The Kier molecular flexibility index (Phi) is 7.70.